The zero-order chi connectivity index (χ0) is 22.2. The first-order chi connectivity index (χ1) is 16.3. The molecule has 0 atom stereocenters. The van der Waals surface area contributed by atoms with Gasteiger partial charge in [-0.15, -0.1) is 0 Å². The van der Waals surface area contributed by atoms with Gasteiger partial charge in [0.05, 0.1) is 11.2 Å². The Morgan fingerprint density at radius 1 is 0.485 bits per heavy atom. The van der Waals surface area contributed by atoms with E-state index in [1.807, 2.05) is 24.3 Å². The van der Waals surface area contributed by atoms with Crippen LogP contribution in [-0.4, -0.2) is 9.97 Å². The first kappa shape index (κ1) is 19.7. The lowest BCUT2D eigenvalue weighted by molar-refractivity contribution is 1.22. The minimum atomic E-state index is 0.259. The third-order valence-electron chi connectivity index (χ3n) is 6.03. The average Bonchev–Trinajstić information content (AvgIpc) is 2.88. The van der Waals surface area contributed by atoms with E-state index in [1.54, 1.807) is 0 Å². The van der Waals surface area contributed by atoms with Gasteiger partial charge < -0.3 is 0 Å². The Bertz CT molecular complexity index is 1600. The monoisotopic (exact) mass is 442 g/mol. The molecule has 0 bridgehead atoms. The highest BCUT2D eigenvalue weighted by Crippen LogP contribution is 2.37. The van der Waals surface area contributed by atoms with Gasteiger partial charge in [0.1, 0.15) is 0 Å². The van der Waals surface area contributed by atoms with Gasteiger partial charge in [0, 0.05) is 10.9 Å². The second-order valence-electron chi connectivity index (χ2n) is 8.01. The number of nitrogens with zero attached hydrogens (tertiary/aromatic N) is 2. The third kappa shape index (κ3) is 3.55. The molecule has 0 saturated carbocycles. The van der Waals surface area contributed by atoms with Crippen molar-refractivity contribution in [2.75, 3.05) is 0 Å². The Hall–Kier alpha value is -4.01. The molecule has 5 aromatic carbocycles. The molecule has 1 aromatic heterocycles. The molecular weight excluding hydrogens is 424 g/mol. The van der Waals surface area contributed by atoms with Crippen molar-refractivity contribution < 1.29 is 0 Å². The maximum absolute atomic E-state index is 6.22. The van der Waals surface area contributed by atoms with Crippen LogP contribution in [0.3, 0.4) is 0 Å². The fourth-order valence-electron chi connectivity index (χ4n) is 4.52. The van der Waals surface area contributed by atoms with Gasteiger partial charge in [-0.1, -0.05) is 109 Å². The molecule has 3 heteroatoms. The molecule has 0 aliphatic carbocycles. The SMILES string of the molecule is Clc1nc(-c2ccc(-c3cccc4cccc(-c5ccccc5)c34)cc2)c2ccccc2n1. The Kier molecular flexibility index (Phi) is 4.86. The standard InChI is InChI=1S/C30H19ClN2/c31-30-32-27-15-5-4-12-26(27)29(33-30)23-18-16-21(17-19-23)25-14-7-11-22-10-6-13-24(28(22)25)20-8-2-1-3-9-20/h1-19H. The summed E-state index contributed by atoms with van der Waals surface area (Å²) in [5.41, 5.74) is 7.54. The molecule has 0 spiro atoms. The van der Waals surface area contributed by atoms with E-state index in [1.165, 1.54) is 27.5 Å². The minimum absolute atomic E-state index is 0.259. The molecule has 0 unspecified atom stereocenters. The molecule has 0 radical (unpaired) electrons. The van der Waals surface area contributed by atoms with Crippen LogP contribution in [0.2, 0.25) is 5.28 Å². The molecule has 0 aliphatic rings. The van der Waals surface area contributed by atoms with E-state index in [4.69, 9.17) is 11.6 Å². The molecule has 0 N–H and O–H groups in total. The summed E-state index contributed by atoms with van der Waals surface area (Å²) in [6, 6.07) is 40.1. The summed E-state index contributed by atoms with van der Waals surface area (Å²) in [5.74, 6) is 0. The van der Waals surface area contributed by atoms with Crippen LogP contribution in [0.1, 0.15) is 0 Å². The zero-order valence-corrected chi connectivity index (χ0v) is 18.5. The molecule has 2 nitrogen and oxygen atoms in total. The predicted molar refractivity (Wildman–Crippen MR) is 138 cm³/mol. The summed E-state index contributed by atoms with van der Waals surface area (Å²) in [5, 5.41) is 3.74. The third-order valence-corrected chi connectivity index (χ3v) is 6.20. The Labute approximate surface area is 197 Å². The fraction of sp³-hybridized carbons (Fsp3) is 0. The van der Waals surface area contributed by atoms with Crippen LogP contribution >= 0.6 is 11.6 Å². The summed E-state index contributed by atoms with van der Waals surface area (Å²) in [4.78, 5) is 8.89. The molecule has 33 heavy (non-hydrogen) atoms. The number of fused-ring (bicyclic) bond motifs is 2. The smallest absolute Gasteiger partial charge is 0.218 e. The number of hydrogen-bond donors (Lipinski definition) is 0. The van der Waals surface area contributed by atoms with Crippen molar-refractivity contribution >= 4 is 33.3 Å². The summed E-state index contributed by atoms with van der Waals surface area (Å²) >= 11 is 6.22. The first-order valence-corrected chi connectivity index (χ1v) is 11.3. The lowest BCUT2D eigenvalue weighted by Gasteiger charge is -2.13. The van der Waals surface area contributed by atoms with Crippen LogP contribution in [0.25, 0.3) is 55.2 Å². The molecule has 0 saturated heterocycles. The van der Waals surface area contributed by atoms with Crippen LogP contribution in [0, 0.1) is 0 Å². The van der Waals surface area contributed by atoms with Crippen molar-refractivity contribution in [1.82, 2.24) is 9.97 Å². The predicted octanol–water partition coefficient (Wildman–Crippen LogP) is 8.44. The van der Waals surface area contributed by atoms with Gasteiger partial charge in [-0.25, -0.2) is 9.97 Å². The van der Waals surface area contributed by atoms with E-state index in [-0.39, 0.29) is 5.28 Å². The summed E-state index contributed by atoms with van der Waals surface area (Å²) in [7, 11) is 0. The second kappa shape index (κ2) is 8.16. The van der Waals surface area contributed by atoms with Crippen molar-refractivity contribution in [2.45, 2.75) is 0 Å². The molecular formula is C30H19ClN2. The highest BCUT2D eigenvalue weighted by molar-refractivity contribution is 6.28. The summed E-state index contributed by atoms with van der Waals surface area (Å²) in [6.07, 6.45) is 0. The van der Waals surface area contributed by atoms with Gasteiger partial charge >= 0.3 is 0 Å². The second-order valence-corrected chi connectivity index (χ2v) is 8.35. The van der Waals surface area contributed by atoms with Gasteiger partial charge in [-0.05, 0) is 50.7 Å². The van der Waals surface area contributed by atoms with E-state index in [9.17, 15) is 0 Å². The van der Waals surface area contributed by atoms with Crippen molar-refractivity contribution in [2.24, 2.45) is 0 Å². The minimum Gasteiger partial charge on any atom is -0.218 e. The van der Waals surface area contributed by atoms with Crippen LogP contribution in [0.4, 0.5) is 0 Å². The van der Waals surface area contributed by atoms with E-state index < -0.39 is 0 Å². The highest BCUT2D eigenvalue weighted by Gasteiger charge is 2.12. The molecule has 156 valence electrons. The molecule has 0 amide bonds. The van der Waals surface area contributed by atoms with Gasteiger partial charge in [-0.2, -0.15) is 0 Å². The topological polar surface area (TPSA) is 25.8 Å². The zero-order valence-electron chi connectivity index (χ0n) is 17.7. The number of aromatic nitrogens is 2. The Balaban J connectivity index is 1.51. The largest absolute Gasteiger partial charge is 0.223 e. The highest BCUT2D eigenvalue weighted by atomic mass is 35.5. The van der Waals surface area contributed by atoms with Crippen molar-refractivity contribution in [3.05, 3.63) is 121 Å². The van der Waals surface area contributed by atoms with Gasteiger partial charge in [0.15, 0.2) is 0 Å². The number of benzene rings is 5. The van der Waals surface area contributed by atoms with Crippen LogP contribution in [0.5, 0.6) is 0 Å². The average molecular weight is 443 g/mol. The van der Waals surface area contributed by atoms with E-state index in [0.29, 0.717) is 0 Å². The summed E-state index contributed by atoms with van der Waals surface area (Å²) in [6.45, 7) is 0. The lowest BCUT2D eigenvalue weighted by atomic mass is 9.91. The number of rotatable bonds is 3. The Morgan fingerprint density at radius 2 is 1.09 bits per heavy atom. The molecule has 1 heterocycles. The Morgan fingerprint density at radius 3 is 1.82 bits per heavy atom. The van der Waals surface area contributed by atoms with E-state index in [0.717, 1.165) is 27.7 Å². The number of para-hydroxylation sites is 1. The summed E-state index contributed by atoms with van der Waals surface area (Å²) < 4.78 is 0. The molecule has 6 aromatic rings. The molecule has 6 rings (SSSR count). The molecule has 0 fully saturated rings. The number of halogens is 1. The van der Waals surface area contributed by atoms with Crippen LogP contribution < -0.4 is 0 Å². The van der Waals surface area contributed by atoms with Crippen molar-refractivity contribution in [3.63, 3.8) is 0 Å². The lowest BCUT2D eigenvalue weighted by Crippen LogP contribution is -1.91. The van der Waals surface area contributed by atoms with Gasteiger partial charge in [0.2, 0.25) is 5.28 Å². The van der Waals surface area contributed by atoms with E-state index in [2.05, 4.69) is 101 Å². The molecule has 0 aliphatic heterocycles. The maximum Gasteiger partial charge on any atom is 0.223 e. The first-order valence-electron chi connectivity index (χ1n) is 10.9. The maximum atomic E-state index is 6.22. The van der Waals surface area contributed by atoms with Crippen molar-refractivity contribution in [1.29, 1.82) is 0 Å². The van der Waals surface area contributed by atoms with Crippen molar-refractivity contribution in [3.8, 4) is 33.5 Å². The number of hydrogen-bond acceptors (Lipinski definition) is 2. The van der Waals surface area contributed by atoms with Gasteiger partial charge in [0.25, 0.3) is 0 Å². The van der Waals surface area contributed by atoms with E-state index >= 15 is 0 Å². The van der Waals surface area contributed by atoms with Crippen LogP contribution in [0.15, 0.2) is 115 Å². The van der Waals surface area contributed by atoms with Gasteiger partial charge in [-0.3, -0.25) is 0 Å². The quantitative estimate of drug-likeness (QED) is 0.257. The normalized spacial score (nSPS) is 11.2. The fourth-order valence-corrected chi connectivity index (χ4v) is 4.69. The van der Waals surface area contributed by atoms with Crippen LogP contribution in [-0.2, 0) is 0 Å².